The Morgan fingerprint density at radius 2 is 1.88 bits per heavy atom. The third kappa shape index (κ3) is 3.57. The van der Waals surface area contributed by atoms with Crippen LogP contribution in [0.1, 0.15) is 23.2 Å². The number of benzene rings is 1. The highest BCUT2D eigenvalue weighted by molar-refractivity contribution is 5.37. The molecule has 0 N–H and O–H groups in total. The standard InChI is InChI=1S/C15H11F4N5O/c1-8-11(16)2-3-12(13(8)17)24-6-10(22-23-24)7-25-15-20-4-9(5-21-15)14(18)19/h2-6,14H,7H2,1H3. The minimum Gasteiger partial charge on any atom is -0.457 e. The maximum absolute atomic E-state index is 14.1. The molecular weight excluding hydrogens is 342 g/mol. The Bertz CT molecular complexity index is 882. The fraction of sp³-hybridized carbons (Fsp3) is 0.200. The van der Waals surface area contributed by atoms with Crippen molar-refractivity contribution in [2.45, 2.75) is 20.0 Å². The van der Waals surface area contributed by atoms with E-state index in [1.54, 1.807) is 0 Å². The van der Waals surface area contributed by atoms with Crippen LogP contribution in [0.4, 0.5) is 17.6 Å². The van der Waals surface area contributed by atoms with Crippen molar-refractivity contribution < 1.29 is 22.3 Å². The SMILES string of the molecule is Cc1c(F)ccc(-n2cc(COc3ncc(C(F)F)cn3)nn2)c1F. The van der Waals surface area contributed by atoms with Gasteiger partial charge in [0.15, 0.2) is 5.82 Å². The van der Waals surface area contributed by atoms with E-state index in [4.69, 9.17) is 4.74 Å². The van der Waals surface area contributed by atoms with Crippen LogP contribution >= 0.6 is 0 Å². The molecule has 0 aliphatic carbocycles. The topological polar surface area (TPSA) is 65.7 Å². The van der Waals surface area contributed by atoms with Crippen LogP contribution < -0.4 is 4.74 Å². The number of alkyl halides is 2. The van der Waals surface area contributed by atoms with Crippen LogP contribution in [-0.4, -0.2) is 25.0 Å². The first-order valence-corrected chi connectivity index (χ1v) is 7.05. The van der Waals surface area contributed by atoms with Gasteiger partial charge in [0.2, 0.25) is 0 Å². The zero-order valence-corrected chi connectivity index (χ0v) is 12.8. The van der Waals surface area contributed by atoms with E-state index in [0.717, 1.165) is 23.1 Å². The summed E-state index contributed by atoms with van der Waals surface area (Å²) >= 11 is 0. The van der Waals surface area contributed by atoms with Gasteiger partial charge in [-0.15, -0.1) is 5.10 Å². The van der Waals surface area contributed by atoms with Crippen molar-refractivity contribution in [3.8, 4) is 11.7 Å². The number of hydrogen-bond donors (Lipinski definition) is 0. The summed E-state index contributed by atoms with van der Waals surface area (Å²) in [6.45, 7) is 1.21. The molecule has 2 aromatic heterocycles. The highest BCUT2D eigenvalue weighted by atomic mass is 19.3. The number of aromatic nitrogens is 5. The molecule has 3 aromatic rings. The normalized spacial score (nSPS) is 11.1. The van der Waals surface area contributed by atoms with Gasteiger partial charge in [0.1, 0.15) is 23.8 Å². The van der Waals surface area contributed by atoms with E-state index in [1.165, 1.54) is 19.2 Å². The van der Waals surface area contributed by atoms with Crippen molar-refractivity contribution >= 4 is 0 Å². The van der Waals surface area contributed by atoms with E-state index in [1.807, 2.05) is 0 Å². The number of hydrogen-bond acceptors (Lipinski definition) is 5. The van der Waals surface area contributed by atoms with Gasteiger partial charge in [-0.2, -0.15) is 0 Å². The lowest BCUT2D eigenvalue weighted by atomic mass is 10.2. The van der Waals surface area contributed by atoms with E-state index >= 15 is 0 Å². The molecule has 0 aliphatic rings. The first kappa shape index (κ1) is 16.8. The summed E-state index contributed by atoms with van der Waals surface area (Å²) in [6, 6.07) is 2.26. The Labute approximate surface area is 139 Å². The lowest BCUT2D eigenvalue weighted by Crippen LogP contribution is -2.02. The van der Waals surface area contributed by atoms with Crippen LogP contribution in [-0.2, 0) is 6.61 Å². The smallest absolute Gasteiger partial charge is 0.316 e. The van der Waals surface area contributed by atoms with E-state index in [2.05, 4.69) is 20.3 Å². The third-order valence-electron chi connectivity index (χ3n) is 3.34. The fourth-order valence-electron chi connectivity index (χ4n) is 1.96. The average Bonchev–Trinajstić information content (AvgIpc) is 3.07. The molecule has 1 aromatic carbocycles. The van der Waals surface area contributed by atoms with Gasteiger partial charge in [0.05, 0.1) is 11.8 Å². The van der Waals surface area contributed by atoms with E-state index in [0.29, 0.717) is 5.69 Å². The zero-order chi connectivity index (χ0) is 18.0. The molecule has 25 heavy (non-hydrogen) atoms. The number of rotatable bonds is 5. The summed E-state index contributed by atoms with van der Waals surface area (Å²) in [5, 5.41) is 7.55. The molecule has 0 unspecified atom stereocenters. The molecule has 6 nitrogen and oxygen atoms in total. The summed E-state index contributed by atoms with van der Waals surface area (Å²) in [4.78, 5) is 7.29. The maximum atomic E-state index is 14.1. The lowest BCUT2D eigenvalue weighted by Gasteiger charge is -2.05. The summed E-state index contributed by atoms with van der Waals surface area (Å²) in [5.74, 6) is -1.40. The second-order valence-corrected chi connectivity index (χ2v) is 5.05. The van der Waals surface area contributed by atoms with Gasteiger partial charge in [0.25, 0.3) is 6.43 Å². The first-order chi connectivity index (χ1) is 12.0. The van der Waals surface area contributed by atoms with Crippen molar-refractivity contribution in [3.05, 3.63) is 59.2 Å². The van der Waals surface area contributed by atoms with Gasteiger partial charge >= 0.3 is 6.01 Å². The Morgan fingerprint density at radius 1 is 1.16 bits per heavy atom. The van der Waals surface area contributed by atoms with E-state index in [9.17, 15) is 17.6 Å². The molecule has 0 radical (unpaired) electrons. The number of nitrogens with zero attached hydrogens (tertiary/aromatic N) is 5. The monoisotopic (exact) mass is 353 g/mol. The molecule has 130 valence electrons. The van der Waals surface area contributed by atoms with Crippen LogP contribution in [0.25, 0.3) is 5.69 Å². The van der Waals surface area contributed by atoms with Gasteiger partial charge < -0.3 is 4.74 Å². The summed E-state index contributed by atoms with van der Waals surface area (Å²) in [5.41, 5.74) is -0.0862. The van der Waals surface area contributed by atoms with E-state index < -0.39 is 18.1 Å². The molecule has 0 saturated heterocycles. The molecule has 0 saturated carbocycles. The third-order valence-corrected chi connectivity index (χ3v) is 3.34. The molecule has 0 atom stereocenters. The van der Waals surface area contributed by atoms with Crippen molar-refractivity contribution in [3.63, 3.8) is 0 Å². The molecule has 0 bridgehead atoms. The quantitative estimate of drug-likeness (QED) is 0.659. The first-order valence-electron chi connectivity index (χ1n) is 7.05. The second-order valence-electron chi connectivity index (χ2n) is 5.05. The van der Waals surface area contributed by atoms with Gasteiger partial charge in [-0.25, -0.2) is 32.2 Å². The molecule has 0 fully saturated rings. The van der Waals surface area contributed by atoms with Crippen molar-refractivity contribution in [1.29, 1.82) is 0 Å². The average molecular weight is 353 g/mol. The molecular formula is C15H11F4N5O. The Hall–Kier alpha value is -3.04. The molecule has 0 spiro atoms. The van der Waals surface area contributed by atoms with Gasteiger partial charge in [0, 0.05) is 18.0 Å². The Kier molecular flexibility index (Phi) is 4.59. The molecule has 0 amide bonds. The molecule has 0 aliphatic heterocycles. The summed E-state index contributed by atoms with van der Waals surface area (Å²) in [7, 11) is 0. The molecule has 3 rings (SSSR count). The fourth-order valence-corrected chi connectivity index (χ4v) is 1.96. The van der Waals surface area contributed by atoms with Crippen LogP contribution in [0.15, 0.2) is 30.7 Å². The van der Waals surface area contributed by atoms with E-state index in [-0.39, 0.29) is 29.4 Å². The highest BCUT2D eigenvalue weighted by Crippen LogP contribution is 2.20. The van der Waals surface area contributed by atoms with Crippen LogP contribution in [0, 0.1) is 18.6 Å². The molecule has 10 heteroatoms. The lowest BCUT2D eigenvalue weighted by molar-refractivity contribution is 0.150. The zero-order valence-electron chi connectivity index (χ0n) is 12.8. The van der Waals surface area contributed by atoms with Gasteiger partial charge in [-0.3, -0.25) is 0 Å². The second kappa shape index (κ2) is 6.83. The minimum absolute atomic E-state index is 0.0372. The summed E-state index contributed by atoms with van der Waals surface area (Å²) in [6.07, 6.45) is 0.646. The highest BCUT2D eigenvalue weighted by Gasteiger charge is 2.14. The van der Waals surface area contributed by atoms with Crippen LogP contribution in [0.5, 0.6) is 6.01 Å². The minimum atomic E-state index is -2.66. The maximum Gasteiger partial charge on any atom is 0.316 e. The Morgan fingerprint density at radius 3 is 2.56 bits per heavy atom. The molecule has 2 heterocycles. The van der Waals surface area contributed by atoms with Gasteiger partial charge in [-0.1, -0.05) is 5.21 Å². The Balaban J connectivity index is 1.71. The number of halogens is 4. The largest absolute Gasteiger partial charge is 0.457 e. The van der Waals surface area contributed by atoms with Crippen LogP contribution in [0.2, 0.25) is 0 Å². The van der Waals surface area contributed by atoms with Gasteiger partial charge in [-0.05, 0) is 19.1 Å². The van der Waals surface area contributed by atoms with Crippen molar-refractivity contribution in [2.24, 2.45) is 0 Å². The number of ether oxygens (including phenoxy) is 1. The summed E-state index contributed by atoms with van der Waals surface area (Å²) < 4.78 is 58.5. The predicted molar refractivity (Wildman–Crippen MR) is 77.3 cm³/mol. The van der Waals surface area contributed by atoms with Crippen molar-refractivity contribution in [1.82, 2.24) is 25.0 Å². The van der Waals surface area contributed by atoms with Crippen LogP contribution in [0.3, 0.4) is 0 Å². The predicted octanol–water partition coefficient (Wildman–Crippen LogP) is 3.16. The van der Waals surface area contributed by atoms with Crippen molar-refractivity contribution in [2.75, 3.05) is 0 Å².